The van der Waals surface area contributed by atoms with Crippen molar-refractivity contribution in [2.75, 3.05) is 0 Å². The Balaban J connectivity index is 2.26. The van der Waals surface area contributed by atoms with E-state index in [9.17, 15) is 0 Å². The number of hydrogen-bond acceptors (Lipinski definition) is 3. The van der Waals surface area contributed by atoms with E-state index in [1.807, 2.05) is 0 Å². The molecule has 1 rings (SSSR count). The Morgan fingerprint density at radius 3 is 3.00 bits per heavy atom. The van der Waals surface area contributed by atoms with Gasteiger partial charge in [0.2, 0.25) is 0 Å². The molecular formula is C9H15ClN2S. The summed E-state index contributed by atoms with van der Waals surface area (Å²) >= 11 is 7.30. The molecule has 1 aromatic rings. The highest BCUT2D eigenvalue weighted by atomic mass is 35.5. The molecule has 1 aromatic heterocycles. The third kappa shape index (κ3) is 4.07. The van der Waals surface area contributed by atoms with Crippen LogP contribution >= 0.6 is 22.9 Å². The van der Waals surface area contributed by atoms with Crippen molar-refractivity contribution >= 4 is 22.9 Å². The molecule has 1 unspecified atom stereocenters. The molecule has 1 heterocycles. The van der Waals surface area contributed by atoms with Crippen molar-refractivity contribution in [3.8, 4) is 0 Å². The zero-order valence-electron chi connectivity index (χ0n) is 8.01. The Kier molecular flexibility index (Phi) is 4.70. The second kappa shape index (κ2) is 5.58. The first-order valence-electron chi connectivity index (χ1n) is 4.56. The zero-order valence-corrected chi connectivity index (χ0v) is 9.58. The molecule has 0 saturated carbocycles. The molecule has 0 aliphatic carbocycles. The van der Waals surface area contributed by atoms with Crippen LogP contribution in [0.1, 0.15) is 31.7 Å². The van der Waals surface area contributed by atoms with Crippen molar-refractivity contribution in [2.45, 2.75) is 39.3 Å². The Morgan fingerprint density at radius 2 is 2.46 bits per heavy atom. The van der Waals surface area contributed by atoms with Crippen LogP contribution in [0.15, 0.2) is 6.20 Å². The van der Waals surface area contributed by atoms with Gasteiger partial charge in [0, 0.05) is 12.6 Å². The summed E-state index contributed by atoms with van der Waals surface area (Å²) in [7, 11) is 0. The van der Waals surface area contributed by atoms with Gasteiger partial charge >= 0.3 is 0 Å². The van der Waals surface area contributed by atoms with Gasteiger partial charge in [0.05, 0.1) is 6.20 Å². The lowest BCUT2D eigenvalue weighted by atomic mass is 10.2. The molecule has 74 valence electrons. The van der Waals surface area contributed by atoms with E-state index in [2.05, 4.69) is 24.1 Å². The van der Waals surface area contributed by atoms with Crippen LogP contribution in [-0.4, -0.2) is 11.0 Å². The van der Waals surface area contributed by atoms with Gasteiger partial charge < -0.3 is 5.32 Å². The number of aromatic nitrogens is 1. The Morgan fingerprint density at radius 1 is 1.69 bits per heavy atom. The van der Waals surface area contributed by atoms with Gasteiger partial charge in [0.25, 0.3) is 0 Å². The largest absolute Gasteiger partial charge is 0.308 e. The molecule has 0 bridgehead atoms. The van der Waals surface area contributed by atoms with Gasteiger partial charge in [-0.15, -0.1) is 11.3 Å². The van der Waals surface area contributed by atoms with Crippen LogP contribution in [0, 0.1) is 0 Å². The summed E-state index contributed by atoms with van der Waals surface area (Å²) in [5, 5.41) is 4.47. The van der Waals surface area contributed by atoms with Crippen LogP contribution < -0.4 is 5.32 Å². The van der Waals surface area contributed by atoms with Crippen molar-refractivity contribution in [3.63, 3.8) is 0 Å². The van der Waals surface area contributed by atoms with E-state index in [1.165, 1.54) is 24.2 Å². The molecule has 13 heavy (non-hydrogen) atoms. The van der Waals surface area contributed by atoms with E-state index < -0.39 is 0 Å². The second-order valence-corrected chi connectivity index (χ2v) is 4.88. The fraction of sp³-hybridized carbons (Fsp3) is 0.667. The molecule has 0 spiro atoms. The lowest BCUT2D eigenvalue weighted by Crippen LogP contribution is -2.24. The molecule has 0 amide bonds. The zero-order chi connectivity index (χ0) is 9.68. The average Bonchev–Trinajstić information content (AvgIpc) is 2.49. The molecule has 0 aliphatic heterocycles. The van der Waals surface area contributed by atoms with E-state index >= 15 is 0 Å². The summed E-state index contributed by atoms with van der Waals surface area (Å²) in [6.07, 6.45) is 4.12. The van der Waals surface area contributed by atoms with Crippen molar-refractivity contribution < 1.29 is 0 Å². The molecule has 1 N–H and O–H groups in total. The van der Waals surface area contributed by atoms with Gasteiger partial charge in [0.15, 0.2) is 0 Å². The fourth-order valence-corrected chi connectivity index (χ4v) is 2.07. The minimum Gasteiger partial charge on any atom is -0.308 e. The SMILES string of the molecule is CCCC(C)NCc1ncc(Cl)s1. The minimum atomic E-state index is 0.563. The van der Waals surface area contributed by atoms with Gasteiger partial charge in [-0.2, -0.15) is 0 Å². The van der Waals surface area contributed by atoms with Crippen LogP contribution in [0.2, 0.25) is 4.34 Å². The Bertz CT molecular complexity index is 250. The molecule has 0 radical (unpaired) electrons. The normalized spacial score (nSPS) is 13.2. The highest BCUT2D eigenvalue weighted by Crippen LogP contribution is 2.17. The van der Waals surface area contributed by atoms with E-state index in [1.54, 1.807) is 6.20 Å². The Hall–Kier alpha value is -0.120. The molecule has 0 aliphatic rings. The van der Waals surface area contributed by atoms with Crippen molar-refractivity contribution in [1.29, 1.82) is 0 Å². The first-order valence-corrected chi connectivity index (χ1v) is 5.75. The monoisotopic (exact) mass is 218 g/mol. The van der Waals surface area contributed by atoms with Crippen LogP contribution in [0.25, 0.3) is 0 Å². The van der Waals surface area contributed by atoms with Crippen molar-refractivity contribution in [1.82, 2.24) is 10.3 Å². The third-order valence-corrected chi connectivity index (χ3v) is 2.96. The number of nitrogens with one attached hydrogen (secondary N) is 1. The molecule has 4 heteroatoms. The van der Waals surface area contributed by atoms with Crippen LogP contribution in [0.4, 0.5) is 0 Å². The van der Waals surface area contributed by atoms with Crippen molar-refractivity contribution in [2.24, 2.45) is 0 Å². The van der Waals surface area contributed by atoms with Crippen LogP contribution in [0.3, 0.4) is 0 Å². The van der Waals surface area contributed by atoms with Gasteiger partial charge in [-0.3, -0.25) is 0 Å². The third-order valence-electron chi connectivity index (χ3n) is 1.85. The van der Waals surface area contributed by atoms with E-state index in [4.69, 9.17) is 11.6 Å². The minimum absolute atomic E-state index is 0.563. The standard InChI is InChI=1S/C9H15ClN2S/c1-3-4-7(2)11-6-9-12-5-8(10)13-9/h5,7,11H,3-4,6H2,1-2H3. The summed E-state index contributed by atoms with van der Waals surface area (Å²) in [6.45, 7) is 5.22. The number of rotatable bonds is 5. The maximum atomic E-state index is 5.77. The summed E-state index contributed by atoms with van der Waals surface area (Å²) in [5.41, 5.74) is 0. The molecule has 0 aromatic carbocycles. The smallest absolute Gasteiger partial charge is 0.113 e. The molecule has 0 fully saturated rings. The van der Waals surface area contributed by atoms with Gasteiger partial charge in [0.1, 0.15) is 9.34 Å². The van der Waals surface area contributed by atoms with E-state index in [0.717, 1.165) is 15.9 Å². The summed E-state index contributed by atoms with van der Waals surface area (Å²) < 4.78 is 0.764. The van der Waals surface area contributed by atoms with Crippen LogP contribution in [-0.2, 0) is 6.54 Å². The summed E-state index contributed by atoms with van der Waals surface area (Å²) in [6, 6.07) is 0.563. The van der Waals surface area contributed by atoms with E-state index in [-0.39, 0.29) is 0 Å². The topological polar surface area (TPSA) is 24.9 Å². The second-order valence-electron chi connectivity index (χ2n) is 3.13. The molecule has 2 nitrogen and oxygen atoms in total. The number of nitrogens with zero attached hydrogens (tertiary/aromatic N) is 1. The lowest BCUT2D eigenvalue weighted by Gasteiger charge is -2.10. The summed E-state index contributed by atoms with van der Waals surface area (Å²) in [5.74, 6) is 0. The van der Waals surface area contributed by atoms with Crippen molar-refractivity contribution in [3.05, 3.63) is 15.5 Å². The van der Waals surface area contributed by atoms with Gasteiger partial charge in [-0.05, 0) is 13.3 Å². The van der Waals surface area contributed by atoms with Gasteiger partial charge in [-0.25, -0.2) is 4.98 Å². The van der Waals surface area contributed by atoms with E-state index in [0.29, 0.717) is 6.04 Å². The number of halogens is 1. The first kappa shape index (κ1) is 11.0. The molecule has 1 atom stereocenters. The maximum absolute atomic E-state index is 5.77. The number of hydrogen-bond donors (Lipinski definition) is 1. The predicted molar refractivity (Wildman–Crippen MR) is 58.3 cm³/mol. The average molecular weight is 219 g/mol. The summed E-state index contributed by atoms with van der Waals surface area (Å²) in [4.78, 5) is 4.17. The first-order chi connectivity index (χ1) is 6.22. The van der Waals surface area contributed by atoms with Crippen LogP contribution in [0.5, 0.6) is 0 Å². The fourth-order valence-electron chi connectivity index (χ4n) is 1.17. The molecular weight excluding hydrogens is 204 g/mol. The van der Waals surface area contributed by atoms with Gasteiger partial charge in [-0.1, -0.05) is 24.9 Å². The highest BCUT2D eigenvalue weighted by molar-refractivity contribution is 7.15. The quantitative estimate of drug-likeness (QED) is 0.822. The highest BCUT2D eigenvalue weighted by Gasteiger charge is 2.02. The predicted octanol–water partition coefficient (Wildman–Crippen LogP) is 3.07. The Labute approximate surface area is 88.3 Å². The number of thiazole rings is 1. The maximum Gasteiger partial charge on any atom is 0.113 e. The molecule has 0 saturated heterocycles. The lowest BCUT2D eigenvalue weighted by molar-refractivity contribution is 0.507.